The van der Waals surface area contributed by atoms with Crippen LogP contribution in [0.2, 0.25) is 0 Å². The molecule has 4 rings (SSSR count). The normalized spacial score (nSPS) is 22.4. The summed E-state index contributed by atoms with van der Waals surface area (Å²) >= 11 is 0. The second-order valence-electron chi connectivity index (χ2n) is 9.00. The van der Waals surface area contributed by atoms with E-state index in [4.69, 9.17) is 9.90 Å². The van der Waals surface area contributed by atoms with Gasteiger partial charge in [0.15, 0.2) is 0 Å². The van der Waals surface area contributed by atoms with E-state index in [1.54, 1.807) is 0 Å². The number of aromatic nitrogens is 2. The molecule has 2 aliphatic heterocycles. The fraction of sp³-hybridized carbons (Fsp3) is 0.560. The van der Waals surface area contributed by atoms with Crippen molar-refractivity contribution in [1.82, 2.24) is 19.6 Å². The maximum absolute atomic E-state index is 13.4. The van der Waals surface area contributed by atoms with Gasteiger partial charge in [-0.15, -0.1) is 0 Å². The molecule has 3 atom stereocenters. The molecule has 1 amide bonds. The lowest BCUT2D eigenvalue weighted by Crippen LogP contribution is -2.36. The predicted molar refractivity (Wildman–Crippen MR) is 124 cm³/mol. The van der Waals surface area contributed by atoms with E-state index in [0.717, 1.165) is 38.3 Å². The lowest BCUT2D eigenvalue weighted by molar-refractivity contribution is -0.132. The quantitative estimate of drug-likeness (QED) is 0.723. The molecule has 1 N–H and O–H groups in total. The molecule has 2 fully saturated rings. The van der Waals surface area contributed by atoms with E-state index in [-0.39, 0.29) is 12.5 Å². The number of carboxylic acid groups (broad SMARTS) is 1. The molecule has 0 spiro atoms. The fourth-order valence-corrected chi connectivity index (χ4v) is 5.52. The van der Waals surface area contributed by atoms with Gasteiger partial charge in [-0.25, -0.2) is 0 Å². The van der Waals surface area contributed by atoms with Gasteiger partial charge in [-0.1, -0.05) is 31.2 Å². The predicted octanol–water partition coefficient (Wildman–Crippen LogP) is 3.13. The molecular formula is C25H36N4O3. The number of carbonyl (C=O) groups excluding carboxylic acids is 1. The van der Waals surface area contributed by atoms with Gasteiger partial charge in [-0.3, -0.25) is 14.3 Å². The number of likely N-dealkylation sites (tertiary alicyclic amines) is 2. The first-order chi connectivity index (χ1) is 15.3. The van der Waals surface area contributed by atoms with Crippen LogP contribution < -0.4 is 0 Å². The van der Waals surface area contributed by atoms with E-state index in [1.807, 2.05) is 18.7 Å². The molecule has 2 aromatic rings. The second-order valence-corrected chi connectivity index (χ2v) is 9.00. The smallest absolute Gasteiger partial charge is 0.290 e. The summed E-state index contributed by atoms with van der Waals surface area (Å²) in [4.78, 5) is 26.5. The number of benzene rings is 1. The number of aryl methyl sites for hydroxylation is 3. The zero-order chi connectivity index (χ0) is 23.4. The van der Waals surface area contributed by atoms with Gasteiger partial charge in [0, 0.05) is 44.7 Å². The lowest BCUT2D eigenvalue weighted by atomic mass is 9.87. The van der Waals surface area contributed by atoms with Crippen molar-refractivity contribution in [2.24, 2.45) is 18.9 Å². The Bertz CT molecular complexity index is 955. The zero-order valence-corrected chi connectivity index (χ0v) is 19.9. The van der Waals surface area contributed by atoms with Crippen LogP contribution in [-0.2, 0) is 23.1 Å². The minimum atomic E-state index is -0.250. The molecule has 2 saturated heterocycles. The summed E-state index contributed by atoms with van der Waals surface area (Å²) in [6.07, 6.45) is 1.34. The summed E-state index contributed by atoms with van der Waals surface area (Å²) in [5.41, 5.74) is 6.07. The van der Waals surface area contributed by atoms with Gasteiger partial charge in [0.1, 0.15) is 0 Å². The Hall–Kier alpha value is -2.67. The zero-order valence-electron chi connectivity index (χ0n) is 19.9. The van der Waals surface area contributed by atoms with E-state index in [9.17, 15) is 4.79 Å². The van der Waals surface area contributed by atoms with Crippen LogP contribution in [0.25, 0.3) is 0 Å². The van der Waals surface area contributed by atoms with Crippen LogP contribution in [0.5, 0.6) is 0 Å². The van der Waals surface area contributed by atoms with Crippen molar-refractivity contribution in [3.8, 4) is 0 Å². The van der Waals surface area contributed by atoms with E-state index in [1.165, 1.54) is 22.4 Å². The van der Waals surface area contributed by atoms with Gasteiger partial charge in [-0.05, 0) is 56.3 Å². The van der Waals surface area contributed by atoms with E-state index < -0.39 is 0 Å². The summed E-state index contributed by atoms with van der Waals surface area (Å²) in [6.45, 7) is 12.5. The molecule has 2 aliphatic rings. The summed E-state index contributed by atoms with van der Waals surface area (Å²) in [5.74, 6) is 1.42. The molecular weight excluding hydrogens is 404 g/mol. The largest absolute Gasteiger partial charge is 0.483 e. The molecule has 7 nitrogen and oxygen atoms in total. The third-order valence-corrected chi connectivity index (χ3v) is 7.26. The summed E-state index contributed by atoms with van der Waals surface area (Å²) < 4.78 is 1.92. The molecule has 0 radical (unpaired) electrons. The maximum atomic E-state index is 13.4. The van der Waals surface area contributed by atoms with Crippen LogP contribution in [0.3, 0.4) is 0 Å². The second kappa shape index (κ2) is 10.3. The highest BCUT2D eigenvalue weighted by Gasteiger charge is 2.48. The van der Waals surface area contributed by atoms with Crippen molar-refractivity contribution in [2.75, 3.05) is 26.2 Å². The molecule has 0 bridgehead atoms. The maximum Gasteiger partial charge on any atom is 0.290 e. The van der Waals surface area contributed by atoms with Gasteiger partial charge in [0.05, 0.1) is 11.7 Å². The van der Waals surface area contributed by atoms with Crippen molar-refractivity contribution in [3.05, 3.63) is 52.3 Å². The monoisotopic (exact) mass is 440 g/mol. The molecule has 0 saturated carbocycles. The number of hydrogen-bond acceptors (Lipinski definition) is 4. The topological polar surface area (TPSA) is 78.7 Å². The number of hydrogen-bond donors (Lipinski definition) is 1. The van der Waals surface area contributed by atoms with Crippen molar-refractivity contribution in [1.29, 1.82) is 0 Å². The molecule has 174 valence electrons. The molecule has 7 heteroatoms. The van der Waals surface area contributed by atoms with Crippen molar-refractivity contribution in [2.45, 2.75) is 46.6 Å². The first-order valence-corrected chi connectivity index (χ1v) is 11.5. The van der Waals surface area contributed by atoms with Gasteiger partial charge in [-0.2, -0.15) is 5.10 Å². The van der Waals surface area contributed by atoms with Crippen molar-refractivity contribution >= 4 is 12.4 Å². The molecule has 32 heavy (non-hydrogen) atoms. The minimum Gasteiger partial charge on any atom is -0.483 e. The number of rotatable bonds is 5. The average molecular weight is 441 g/mol. The third kappa shape index (κ3) is 4.72. The Morgan fingerprint density at radius 1 is 1.19 bits per heavy atom. The van der Waals surface area contributed by atoms with Crippen LogP contribution in [0.4, 0.5) is 0 Å². The lowest BCUT2D eigenvalue weighted by Gasteiger charge is -2.31. The van der Waals surface area contributed by atoms with Gasteiger partial charge in [0.2, 0.25) is 5.91 Å². The standard InChI is InChI=1S/C24H34N4O.CH2O2/c1-6-27-13-19-14-28(23(29)12-11-21-17(3)25-26(5)18(21)4)24(22(19)15-27)20-10-8-7-9-16(20)2;2-1-3/h7-10,19,22,24H,6,11-15H2,1-5H3;1H,(H,2,3)/t19-,22-,24-;/m0./s1. The summed E-state index contributed by atoms with van der Waals surface area (Å²) in [6, 6.07) is 8.83. The van der Waals surface area contributed by atoms with Gasteiger partial charge < -0.3 is 14.9 Å². The Balaban J connectivity index is 0.000000913. The Morgan fingerprint density at radius 2 is 1.88 bits per heavy atom. The van der Waals surface area contributed by atoms with Crippen LogP contribution in [0.1, 0.15) is 47.5 Å². The molecule has 3 heterocycles. The summed E-state index contributed by atoms with van der Waals surface area (Å²) in [7, 11) is 1.98. The van der Waals surface area contributed by atoms with E-state index >= 15 is 0 Å². The Labute approximate surface area is 191 Å². The number of carbonyl (C=O) groups is 2. The van der Waals surface area contributed by atoms with Crippen LogP contribution in [-0.4, -0.2) is 63.2 Å². The fourth-order valence-electron chi connectivity index (χ4n) is 5.52. The Kier molecular flexibility index (Phi) is 7.72. The van der Waals surface area contributed by atoms with Crippen molar-refractivity contribution in [3.63, 3.8) is 0 Å². The molecule has 0 aliphatic carbocycles. The first-order valence-electron chi connectivity index (χ1n) is 11.5. The van der Waals surface area contributed by atoms with Crippen LogP contribution in [0, 0.1) is 32.6 Å². The van der Waals surface area contributed by atoms with Gasteiger partial charge >= 0.3 is 0 Å². The molecule has 0 unspecified atom stereocenters. The highest BCUT2D eigenvalue weighted by Crippen LogP contribution is 2.46. The third-order valence-electron chi connectivity index (χ3n) is 7.26. The first kappa shape index (κ1) is 24.0. The highest BCUT2D eigenvalue weighted by atomic mass is 16.3. The average Bonchev–Trinajstić information content (AvgIpc) is 3.39. The van der Waals surface area contributed by atoms with Crippen molar-refractivity contribution < 1.29 is 14.7 Å². The number of nitrogens with zero attached hydrogens (tertiary/aromatic N) is 4. The van der Waals surface area contributed by atoms with Crippen LogP contribution >= 0.6 is 0 Å². The highest BCUT2D eigenvalue weighted by molar-refractivity contribution is 5.77. The SMILES string of the molecule is CCN1C[C@H]2CN(C(=O)CCc3c(C)nn(C)c3C)[C@@H](c3ccccc3C)[C@H]2C1.O=CO. The van der Waals surface area contributed by atoms with E-state index in [0.29, 0.717) is 24.2 Å². The minimum absolute atomic E-state index is 0.210. The number of fused-ring (bicyclic) bond motifs is 1. The molecule has 1 aromatic heterocycles. The number of amides is 1. The van der Waals surface area contributed by atoms with Crippen LogP contribution in [0.15, 0.2) is 24.3 Å². The molecule has 1 aromatic carbocycles. The van der Waals surface area contributed by atoms with Gasteiger partial charge in [0.25, 0.3) is 6.47 Å². The Morgan fingerprint density at radius 3 is 2.47 bits per heavy atom. The summed E-state index contributed by atoms with van der Waals surface area (Å²) in [5, 5.41) is 11.4. The van der Waals surface area contributed by atoms with E-state index in [2.05, 4.69) is 59.9 Å².